The highest BCUT2D eigenvalue weighted by atomic mass is 16.5. The number of carbonyl (C=O) groups is 1. The van der Waals surface area contributed by atoms with Crippen molar-refractivity contribution in [3.8, 4) is 0 Å². The Morgan fingerprint density at radius 3 is 2.73 bits per heavy atom. The van der Waals surface area contributed by atoms with Crippen molar-refractivity contribution < 1.29 is 14.6 Å². The van der Waals surface area contributed by atoms with Crippen LogP contribution in [0.2, 0.25) is 0 Å². The molecule has 1 aliphatic heterocycles. The average molecular weight is 306 g/mol. The van der Waals surface area contributed by atoms with Crippen molar-refractivity contribution in [2.75, 3.05) is 45.3 Å². The van der Waals surface area contributed by atoms with Crippen LogP contribution in [0.1, 0.15) is 29.6 Å². The fraction of sp³-hybridized carbons (Fsp3) is 0.588. The molecule has 5 nitrogen and oxygen atoms in total. The number of carbonyl (C=O) groups excluding carboxylic acids is 1. The monoisotopic (exact) mass is 306 g/mol. The smallest absolute Gasteiger partial charge is 0.253 e. The highest BCUT2D eigenvalue weighted by molar-refractivity contribution is 5.95. The van der Waals surface area contributed by atoms with E-state index in [-0.39, 0.29) is 18.6 Å². The number of nitrogens with zero attached hydrogens (tertiary/aromatic N) is 2. The van der Waals surface area contributed by atoms with Gasteiger partial charge in [-0.3, -0.25) is 4.79 Å². The quantitative estimate of drug-likeness (QED) is 0.814. The number of aliphatic hydroxyl groups excluding tert-OH is 1. The topological polar surface area (TPSA) is 53.0 Å². The molecule has 0 aliphatic carbocycles. The first kappa shape index (κ1) is 16.8. The van der Waals surface area contributed by atoms with Crippen LogP contribution in [-0.2, 0) is 4.74 Å². The molecule has 5 heteroatoms. The first-order valence-electron chi connectivity index (χ1n) is 7.91. The Morgan fingerprint density at radius 2 is 2.09 bits per heavy atom. The van der Waals surface area contributed by atoms with Crippen molar-refractivity contribution in [2.45, 2.75) is 25.4 Å². The summed E-state index contributed by atoms with van der Waals surface area (Å²) in [5, 5.41) is 8.76. The second-order valence-corrected chi connectivity index (χ2v) is 5.88. The summed E-state index contributed by atoms with van der Waals surface area (Å²) < 4.78 is 5.70. The fourth-order valence-corrected chi connectivity index (χ4v) is 2.64. The average Bonchev–Trinajstić information content (AvgIpc) is 2.55. The number of piperidine rings is 1. The van der Waals surface area contributed by atoms with Crippen LogP contribution in [0.25, 0.3) is 0 Å². The molecule has 1 aromatic rings. The Labute approximate surface area is 132 Å². The lowest BCUT2D eigenvalue weighted by Crippen LogP contribution is -2.41. The molecule has 0 aromatic heterocycles. The third-order valence-electron chi connectivity index (χ3n) is 3.99. The molecule has 22 heavy (non-hydrogen) atoms. The van der Waals surface area contributed by atoms with Crippen LogP contribution in [0.4, 0.5) is 5.69 Å². The summed E-state index contributed by atoms with van der Waals surface area (Å²) in [6, 6.07) is 7.73. The van der Waals surface area contributed by atoms with Crippen molar-refractivity contribution in [1.29, 1.82) is 0 Å². The Morgan fingerprint density at radius 1 is 1.36 bits per heavy atom. The molecule has 0 atom stereocenters. The summed E-state index contributed by atoms with van der Waals surface area (Å²) in [6.45, 7) is 2.23. The number of benzene rings is 1. The molecule has 1 amide bonds. The van der Waals surface area contributed by atoms with Gasteiger partial charge < -0.3 is 19.6 Å². The molecule has 1 N–H and O–H groups in total. The highest BCUT2D eigenvalue weighted by Gasteiger charge is 2.24. The lowest BCUT2D eigenvalue weighted by molar-refractivity contribution is 0.00398. The molecule has 1 fully saturated rings. The molecular formula is C17H26N2O3. The van der Waals surface area contributed by atoms with Crippen LogP contribution < -0.4 is 4.90 Å². The van der Waals surface area contributed by atoms with E-state index in [0.29, 0.717) is 13.0 Å². The van der Waals surface area contributed by atoms with Crippen LogP contribution in [0, 0.1) is 0 Å². The van der Waals surface area contributed by atoms with Crippen molar-refractivity contribution in [1.82, 2.24) is 4.90 Å². The predicted octanol–water partition coefficient (Wildman–Crippen LogP) is 1.76. The van der Waals surface area contributed by atoms with E-state index in [1.807, 2.05) is 48.2 Å². The molecule has 0 radical (unpaired) electrons. The first-order chi connectivity index (χ1) is 10.6. The minimum absolute atomic E-state index is 0.0949. The van der Waals surface area contributed by atoms with Gasteiger partial charge in [0.05, 0.1) is 6.10 Å². The maximum atomic E-state index is 12.6. The molecule has 122 valence electrons. The standard InChI is InChI=1S/C17H26N2O3/c1-18(2)15-6-3-5-14(13-15)17(21)19-9-7-16(8-10-19)22-12-4-11-20/h3,5-6,13,16,20H,4,7-12H2,1-2H3. The number of hydrogen-bond acceptors (Lipinski definition) is 4. The summed E-state index contributed by atoms with van der Waals surface area (Å²) in [4.78, 5) is 16.5. The van der Waals surface area contributed by atoms with Gasteiger partial charge in [-0.05, 0) is 37.5 Å². The minimum Gasteiger partial charge on any atom is -0.396 e. The Balaban J connectivity index is 1.88. The molecule has 1 aliphatic rings. The maximum Gasteiger partial charge on any atom is 0.253 e. The van der Waals surface area contributed by atoms with E-state index in [2.05, 4.69) is 0 Å². The number of anilines is 1. The van der Waals surface area contributed by atoms with Crippen molar-refractivity contribution in [3.05, 3.63) is 29.8 Å². The van der Waals surface area contributed by atoms with Gasteiger partial charge in [-0.15, -0.1) is 0 Å². The third-order valence-corrected chi connectivity index (χ3v) is 3.99. The van der Waals surface area contributed by atoms with E-state index in [4.69, 9.17) is 9.84 Å². The van der Waals surface area contributed by atoms with Crippen molar-refractivity contribution in [3.63, 3.8) is 0 Å². The van der Waals surface area contributed by atoms with E-state index < -0.39 is 0 Å². The van der Waals surface area contributed by atoms with Gasteiger partial charge in [0.15, 0.2) is 0 Å². The summed E-state index contributed by atoms with van der Waals surface area (Å²) in [5.41, 5.74) is 1.78. The van der Waals surface area contributed by atoms with Gasteiger partial charge in [0, 0.05) is 51.6 Å². The normalized spacial score (nSPS) is 15.9. The van der Waals surface area contributed by atoms with Gasteiger partial charge in [0.2, 0.25) is 0 Å². The Kier molecular flexibility index (Phi) is 6.21. The second-order valence-electron chi connectivity index (χ2n) is 5.88. The van der Waals surface area contributed by atoms with E-state index in [0.717, 1.165) is 37.2 Å². The molecule has 0 bridgehead atoms. The van der Waals surface area contributed by atoms with Crippen LogP contribution >= 0.6 is 0 Å². The van der Waals surface area contributed by atoms with E-state index in [1.165, 1.54) is 0 Å². The number of aliphatic hydroxyl groups is 1. The van der Waals surface area contributed by atoms with Crippen LogP contribution in [0.15, 0.2) is 24.3 Å². The van der Waals surface area contributed by atoms with Crippen LogP contribution in [-0.4, -0.2) is 62.4 Å². The van der Waals surface area contributed by atoms with Gasteiger partial charge in [0.1, 0.15) is 0 Å². The van der Waals surface area contributed by atoms with Crippen LogP contribution in [0.3, 0.4) is 0 Å². The number of hydrogen-bond donors (Lipinski definition) is 1. The number of ether oxygens (including phenoxy) is 1. The molecule has 1 aromatic carbocycles. The molecule has 1 saturated heterocycles. The zero-order chi connectivity index (χ0) is 15.9. The zero-order valence-corrected chi connectivity index (χ0v) is 13.5. The van der Waals surface area contributed by atoms with Gasteiger partial charge >= 0.3 is 0 Å². The SMILES string of the molecule is CN(C)c1cccc(C(=O)N2CCC(OCCCO)CC2)c1. The largest absolute Gasteiger partial charge is 0.396 e. The lowest BCUT2D eigenvalue weighted by atomic mass is 10.1. The summed E-state index contributed by atoms with van der Waals surface area (Å²) in [6.07, 6.45) is 2.62. The van der Waals surface area contributed by atoms with Crippen molar-refractivity contribution in [2.24, 2.45) is 0 Å². The van der Waals surface area contributed by atoms with E-state index in [1.54, 1.807) is 0 Å². The number of rotatable bonds is 6. The molecule has 0 unspecified atom stereocenters. The Hall–Kier alpha value is -1.59. The summed E-state index contributed by atoms with van der Waals surface area (Å²) >= 11 is 0. The number of amides is 1. The van der Waals surface area contributed by atoms with Crippen molar-refractivity contribution >= 4 is 11.6 Å². The molecule has 1 heterocycles. The highest BCUT2D eigenvalue weighted by Crippen LogP contribution is 2.19. The molecule has 0 saturated carbocycles. The molecular weight excluding hydrogens is 280 g/mol. The predicted molar refractivity (Wildman–Crippen MR) is 87.3 cm³/mol. The van der Waals surface area contributed by atoms with Gasteiger partial charge in [0.25, 0.3) is 5.91 Å². The van der Waals surface area contributed by atoms with Gasteiger partial charge in [-0.25, -0.2) is 0 Å². The maximum absolute atomic E-state index is 12.6. The van der Waals surface area contributed by atoms with E-state index in [9.17, 15) is 4.79 Å². The summed E-state index contributed by atoms with van der Waals surface area (Å²) in [5.74, 6) is 0.0949. The second kappa shape index (κ2) is 8.15. The first-order valence-corrected chi connectivity index (χ1v) is 7.91. The Bertz CT molecular complexity index is 483. The van der Waals surface area contributed by atoms with Crippen LogP contribution in [0.5, 0.6) is 0 Å². The molecule has 2 rings (SSSR count). The third kappa shape index (κ3) is 4.45. The summed E-state index contributed by atoms with van der Waals surface area (Å²) in [7, 11) is 3.94. The fourth-order valence-electron chi connectivity index (χ4n) is 2.64. The lowest BCUT2D eigenvalue weighted by Gasteiger charge is -2.32. The van der Waals surface area contributed by atoms with Gasteiger partial charge in [-0.1, -0.05) is 6.07 Å². The molecule has 0 spiro atoms. The van der Waals surface area contributed by atoms with Gasteiger partial charge in [-0.2, -0.15) is 0 Å². The minimum atomic E-state index is 0.0949. The zero-order valence-electron chi connectivity index (χ0n) is 13.5. The van der Waals surface area contributed by atoms with E-state index >= 15 is 0 Å². The number of likely N-dealkylation sites (tertiary alicyclic amines) is 1.